The zero-order chi connectivity index (χ0) is 12.6. The van der Waals surface area contributed by atoms with Crippen LogP contribution in [0.15, 0.2) is 18.2 Å². The number of hydrogen-bond donors (Lipinski definition) is 0. The largest absolute Gasteiger partial charge is 0.198 e. The summed E-state index contributed by atoms with van der Waals surface area (Å²) in [7, 11) is 0. The highest BCUT2D eigenvalue weighted by atomic mass is 35.5. The first-order chi connectivity index (χ1) is 7.58. The van der Waals surface area contributed by atoms with E-state index in [-0.39, 0.29) is 5.92 Å². The minimum absolute atomic E-state index is 0.0891. The molecule has 1 aromatic rings. The topological polar surface area (TPSA) is 23.8 Å². The molecule has 0 aliphatic carbocycles. The van der Waals surface area contributed by atoms with Crippen LogP contribution in [0.1, 0.15) is 45.1 Å². The molecule has 1 unspecified atom stereocenters. The lowest BCUT2D eigenvalue weighted by molar-refractivity contribution is 0.789. The van der Waals surface area contributed by atoms with E-state index in [1.807, 2.05) is 6.92 Å². The van der Waals surface area contributed by atoms with Gasteiger partial charge in [0.15, 0.2) is 0 Å². The van der Waals surface area contributed by atoms with Crippen molar-refractivity contribution in [2.45, 2.75) is 39.5 Å². The Morgan fingerprint density at radius 1 is 1.25 bits per heavy atom. The molecule has 0 amide bonds. The van der Waals surface area contributed by atoms with Crippen LogP contribution in [0, 0.1) is 11.3 Å². The van der Waals surface area contributed by atoms with Crippen molar-refractivity contribution in [2.75, 3.05) is 0 Å². The van der Waals surface area contributed by atoms with Crippen LogP contribution in [-0.4, -0.2) is 0 Å². The molecule has 0 N–H and O–H groups in total. The SMILES string of the molecule is CC(CC#N)c1c(Cl)cccc1Cl.CCC. The first-order valence-electron chi connectivity index (χ1n) is 5.39. The minimum atomic E-state index is 0.0891. The van der Waals surface area contributed by atoms with Gasteiger partial charge in [0, 0.05) is 16.5 Å². The molecule has 1 atom stereocenters. The van der Waals surface area contributed by atoms with Gasteiger partial charge in [0.05, 0.1) is 6.07 Å². The van der Waals surface area contributed by atoms with Crippen molar-refractivity contribution < 1.29 is 0 Å². The summed E-state index contributed by atoms with van der Waals surface area (Å²) in [5.74, 6) is 0.0891. The summed E-state index contributed by atoms with van der Waals surface area (Å²) in [6.45, 7) is 6.19. The standard InChI is InChI=1S/C10H9Cl2N.C3H8/c1-7(5-6-13)10-8(11)3-2-4-9(10)12;1-3-2/h2-4,7H,5H2,1H3;3H2,1-2H3. The van der Waals surface area contributed by atoms with Gasteiger partial charge in [-0.05, 0) is 23.6 Å². The van der Waals surface area contributed by atoms with Gasteiger partial charge in [-0.3, -0.25) is 0 Å². The highest BCUT2D eigenvalue weighted by molar-refractivity contribution is 6.36. The van der Waals surface area contributed by atoms with Crippen molar-refractivity contribution in [1.82, 2.24) is 0 Å². The Hall–Kier alpha value is -0.710. The van der Waals surface area contributed by atoms with Gasteiger partial charge in [-0.15, -0.1) is 0 Å². The Morgan fingerprint density at radius 3 is 2.06 bits per heavy atom. The summed E-state index contributed by atoms with van der Waals surface area (Å²) in [5.41, 5.74) is 0.868. The van der Waals surface area contributed by atoms with E-state index >= 15 is 0 Å². The third-order valence-electron chi connectivity index (χ3n) is 1.89. The monoisotopic (exact) mass is 257 g/mol. The van der Waals surface area contributed by atoms with E-state index in [1.165, 1.54) is 6.42 Å². The van der Waals surface area contributed by atoms with E-state index in [4.69, 9.17) is 28.5 Å². The van der Waals surface area contributed by atoms with Crippen LogP contribution in [0.4, 0.5) is 0 Å². The molecule has 0 spiro atoms. The zero-order valence-electron chi connectivity index (χ0n) is 9.93. The van der Waals surface area contributed by atoms with Gasteiger partial charge in [0.25, 0.3) is 0 Å². The number of halogens is 2. The van der Waals surface area contributed by atoms with Crippen LogP contribution >= 0.6 is 23.2 Å². The number of rotatable bonds is 2. The van der Waals surface area contributed by atoms with Crippen molar-refractivity contribution in [3.8, 4) is 6.07 Å². The van der Waals surface area contributed by atoms with Crippen molar-refractivity contribution in [3.05, 3.63) is 33.8 Å². The molecule has 88 valence electrons. The summed E-state index contributed by atoms with van der Waals surface area (Å²) in [5, 5.41) is 9.81. The van der Waals surface area contributed by atoms with Gasteiger partial charge in [-0.25, -0.2) is 0 Å². The van der Waals surface area contributed by atoms with Gasteiger partial charge in [0.1, 0.15) is 0 Å². The molecule has 0 fully saturated rings. The number of nitrogens with zero attached hydrogens (tertiary/aromatic N) is 1. The zero-order valence-corrected chi connectivity index (χ0v) is 11.4. The Balaban J connectivity index is 0.000000673. The second-order valence-corrected chi connectivity index (χ2v) is 4.42. The molecular weight excluding hydrogens is 241 g/mol. The average Bonchev–Trinajstić information content (AvgIpc) is 2.19. The molecule has 3 heteroatoms. The third-order valence-corrected chi connectivity index (χ3v) is 2.55. The van der Waals surface area contributed by atoms with Crippen LogP contribution < -0.4 is 0 Å². The summed E-state index contributed by atoms with van der Waals surface area (Å²) in [6, 6.07) is 7.48. The van der Waals surface area contributed by atoms with E-state index in [2.05, 4.69) is 19.9 Å². The fraction of sp³-hybridized carbons (Fsp3) is 0.462. The molecule has 1 aromatic carbocycles. The van der Waals surface area contributed by atoms with Crippen LogP contribution in [0.25, 0.3) is 0 Å². The quantitative estimate of drug-likeness (QED) is 0.694. The molecule has 0 aliphatic heterocycles. The fourth-order valence-electron chi connectivity index (χ4n) is 1.22. The molecule has 1 nitrogen and oxygen atoms in total. The predicted octanol–water partition coefficient (Wildman–Crippen LogP) is 5.43. The first-order valence-corrected chi connectivity index (χ1v) is 6.14. The van der Waals surface area contributed by atoms with Gasteiger partial charge < -0.3 is 0 Å². The maximum Gasteiger partial charge on any atom is 0.0628 e. The molecule has 0 radical (unpaired) electrons. The van der Waals surface area contributed by atoms with Gasteiger partial charge in [0.2, 0.25) is 0 Å². The van der Waals surface area contributed by atoms with Crippen LogP contribution in [0.2, 0.25) is 10.0 Å². The van der Waals surface area contributed by atoms with E-state index in [0.29, 0.717) is 16.5 Å². The van der Waals surface area contributed by atoms with Crippen molar-refractivity contribution in [3.63, 3.8) is 0 Å². The number of benzene rings is 1. The van der Waals surface area contributed by atoms with Crippen molar-refractivity contribution in [1.29, 1.82) is 5.26 Å². The van der Waals surface area contributed by atoms with Crippen molar-refractivity contribution >= 4 is 23.2 Å². The molecule has 1 rings (SSSR count). The Morgan fingerprint density at radius 2 is 1.69 bits per heavy atom. The Labute approximate surface area is 108 Å². The van der Waals surface area contributed by atoms with E-state index in [1.54, 1.807) is 18.2 Å². The van der Waals surface area contributed by atoms with E-state index < -0.39 is 0 Å². The second kappa shape index (κ2) is 8.44. The maximum atomic E-state index is 8.54. The summed E-state index contributed by atoms with van der Waals surface area (Å²) in [6.07, 6.45) is 1.68. The highest BCUT2D eigenvalue weighted by Gasteiger charge is 2.12. The molecule has 16 heavy (non-hydrogen) atoms. The van der Waals surface area contributed by atoms with E-state index in [0.717, 1.165) is 5.56 Å². The van der Waals surface area contributed by atoms with Gasteiger partial charge in [-0.1, -0.05) is 56.5 Å². The molecule has 0 heterocycles. The first kappa shape index (κ1) is 15.3. The number of hydrogen-bond acceptors (Lipinski definition) is 1. The summed E-state index contributed by atoms with van der Waals surface area (Å²) >= 11 is 11.9. The van der Waals surface area contributed by atoms with Crippen LogP contribution in [0.3, 0.4) is 0 Å². The third kappa shape index (κ3) is 4.88. The Kier molecular flexibility index (Phi) is 8.07. The second-order valence-electron chi connectivity index (χ2n) is 3.61. The van der Waals surface area contributed by atoms with Crippen LogP contribution in [0.5, 0.6) is 0 Å². The Bertz CT molecular complexity index is 335. The highest BCUT2D eigenvalue weighted by Crippen LogP contribution is 2.32. The fourth-order valence-corrected chi connectivity index (χ4v) is 1.99. The smallest absolute Gasteiger partial charge is 0.0628 e. The molecule has 0 bridgehead atoms. The lowest BCUT2D eigenvalue weighted by Gasteiger charge is -2.11. The van der Waals surface area contributed by atoms with Gasteiger partial charge in [-0.2, -0.15) is 5.26 Å². The molecule has 0 saturated carbocycles. The van der Waals surface area contributed by atoms with E-state index in [9.17, 15) is 0 Å². The predicted molar refractivity (Wildman–Crippen MR) is 71.1 cm³/mol. The number of nitriles is 1. The normalized spacial score (nSPS) is 11.0. The lowest BCUT2D eigenvalue weighted by atomic mass is 9.98. The molecule has 0 aliphatic rings. The molecule has 0 saturated heterocycles. The average molecular weight is 258 g/mol. The summed E-state index contributed by atoms with van der Waals surface area (Å²) in [4.78, 5) is 0. The molecule has 0 aromatic heterocycles. The minimum Gasteiger partial charge on any atom is -0.198 e. The maximum absolute atomic E-state index is 8.54. The van der Waals surface area contributed by atoms with Gasteiger partial charge >= 0.3 is 0 Å². The van der Waals surface area contributed by atoms with Crippen molar-refractivity contribution in [2.24, 2.45) is 0 Å². The molecular formula is C13H17Cl2N. The lowest BCUT2D eigenvalue weighted by Crippen LogP contribution is -1.94. The summed E-state index contributed by atoms with van der Waals surface area (Å²) < 4.78 is 0. The van der Waals surface area contributed by atoms with Crippen LogP contribution in [-0.2, 0) is 0 Å².